The fraction of sp³-hybridized carbons (Fsp3) is 0.600. The lowest BCUT2D eigenvalue weighted by molar-refractivity contribution is -0.117. The average Bonchev–Trinajstić information content (AvgIpc) is 2.85. The van der Waals surface area contributed by atoms with E-state index in [1.54, 1.807) is 34.0 Å². The standard InChI is InChI=1S/C20H29N3O4S/c1-13(2)28(26,27)18-12-17-16(22(3)20(25)23(17)4)11-15(18)21-19(24)10-14-8-6-5-7-9-14/h11-14H,5-10H2,1-4H3,(H,21,24). The number of imidazole rings is 1. The Morgan fingerprint density at radius 1 is 1.11 bits per heavy atom. The molecule has 0 spiro atoms. The largest absolute Gasteiger partial charge is 0.328 e. The molecular formula is C20H29N3O4S. The van der Waals surface area contributed by atoms with Crippen molar-refractivity contribution in [3.63, 3.8) is 0 Å². The van der Waals surface area contributed by atoms with Crippen LogP contribution in [-0.2, 0) is 28.7 Å². The van der Waals surface area contributed by atoms with Gasteiger partial charge in [-0.3, -0.25) is 13.9 Å². The summed E-state index contributed by atoms with van der Waals surface area (Å²) in [5.41, 5.74) is 1.12. The molecular weight excluding hydrogens is 378 g/mol. The fourth-order valence-corrected chi connectivity index (χ4v) is 5.17. The summed E-state index contributed by atoms with van der Waals surface area (Å²) in [6.07, 6.45) is 5.97. The molecule has 1 aromatic carbocycles. The minimum atomic E-state index is -3.64. The van der Waals surface area contributed by atoms with Crippen LogP contribution in [0.15, 0.2) is 21.8 Å². The zero-order valence-corrected chi connectivity index (χ0v) is 17.8. The molecule has 1 saturated carbocycles. The van der Waals surface area contributed by atoms with Crippen LogP contribution in [0.4, 0.5) is 5.69 Å². The van der Waals surface area contributed by atoms with Gasteiger partial charge in [0.25, 0.3) is 0 Å². The second-order valence-corrected chi connectivity index (χ2v) is 10.6. The van der Waals surface area contributed by atoms with Gasteiger partial charge in [0, 0.05) is 20.5 Å². The number of carbonyl (C=O) groups excluding carboxylic acids is 1. The fourth-order valence-electron chi connectivity index (χ4n) is 3.97. The number of hydrogen-bond acceptors (Lipinski definition) is 4. The number of fused-ring (bicyclic) bond motifs is 1. The number of carbonyl (C=O) groups is 1. The normalized spacial score (nSPS) is 16.0. The summed E-state index contributed by atoms with van der Waals surface area (Å²) in [6.45, 7) is 3.22. The van der Waals surface area contributed by atoms with Crippen LogP contribution in [0.2, 0.25) is 0 Å². The smallest absolute Gasteiger partial charge is 0.325 e. The molecule has 0 unspecified atom stereocenters. The molecule has 0 aliphatic heterocycles. The maximum Gasteiger partial charge on any atom is 0.328 e. The first-order chi connectivity index (χ1) is 13.1. The van der Waals surface area contributed by atoms with Gasteiger partial charge in [0.1, 0.15) is 0 Å². The maximum absolute atomic E-state index is 12.9. The number of amides is 1. The van der Waals surface area contributed by atoms with Gasteiger partial charge in [-0.05, 0) is 44.7 Å². The summed E-state index contributed by atoms with van der Waals surface area (Å²) < 4.78 is 28.7. The number of sulfone groups is 1. The number of aryl methyl sites for hydroxylation is 2. The number of benzene rings is 1. The van der Waals surface area contributed by atoms with Gasteiger partial charge in [-0.15, -0.1) is 0 Å². The van der Waals surface area contributed by atoms with Crippen LogP contribution in [-0.4, -0.2) is 28.7 Å². The number of rotatable bonds is 5. The van der Waals surface area contributed by atoms with Crippen molar-refractivity contribution in [2.45, 2.75) is 62.5 Å². The Balaban J connectivity index is 2.04. The van der Waals surface area contributed by atoms with Crippen LogP contribution in [0.1, 0.15) is 52.4 Å². The molecule has 0 atom stereocenters. The van der Waals surface area contributed by atoms with E-state index in [1.807, 2.05) is 0 Å². The van der Waals surface area contributed by atoms with Gasteiger partial charge in [0.05, 0.1) is 26.9 Å². The van der Waals surface area contributed by atoms with Crippen molar-refractivity contribution in [2.24, 2.45) is 20.0 Å². The Morgan fingerprint density at radius 2 is 1.68 bits per heavy atom. The Bertz CT molecular complexity index is 1060. The number of anilines is 1. The molecule has 1 aromatic heterocycles. The first-order valence-electron chi connectivity index (χ1n) is 9.86. The predicted molar refractivity (Wildman–Crippen MR) is 110 cm³/mol. The lowest BCUT2D eigenvalue weighted by atomic mass is 9.87. The molecule has 1 heterocycles. The van der Waals surface area contributed by atoms with Crippen molar-refractivity contribution in [2.75, 3.05) is 5.32 Å². The zero-order chi connectivity index (χ0) is 20.6. The molecule has 1 amide bonds. The Kier molecular flexibility index (Phi) is 5.70. The predicted octanol–water partition coefficient (Wildman–Crippen LogP) is 2.97. The average molecular weight is 408 g/mol. The first kappa shape index (κ1) is 20.6. The summed E-state index contributed by atoms with van der Waals surface area (Å²) in [7, 11) is -0.395. The van der Waals surface area contributed by atoms with E-state index in [0.29, 0.717) is 23.4 Å². The summed E-state index contributed by atoms with van der Waals surface area (Å²) in [6, 6.07) is 3.10. The summed E-state index contributed by atoms with van der Waals surface area (Å²) in [4.78, 5) is 25.0. The lowest BCUT2D eigenvalue weighted by Gasteiger charge is -2.21. The summed E-state index contributed by atoms with van der Waals surface area (Å²) in [5, 5.41) is 2.18. The van der Waals surface area contributed by atoms with Crippen molar-refractivity contribution in [1.29, 1.82) is 0 Å². The highest BCUT2D eigenvalue weighted by Gasteiger charge is 2.26. The Hall–Kier alpha value is -2.09. The van der Waals surface area contributed by atoms with E-state index >= 15 is 0 Å². The molecule has 1 aliphatic rings. The van der Waals surface area contributed by atoms with Crippen molar-refractivity contribution >= 4 is 32.5 Å². The molecule has 0 saturated heterocycles. The molecule has 0 bridgehead atoms. The second-order valence-electron chi connectivity index (χ2n) is 8.09. The number of aromatic nitrogens is 2. The number of nitrogens with zero attached hydrogens (tertiary/aromatic N) is 2. The first-order valence-corrected chi connectivity index (χ1v) is 11.4. The number of hydrogen-bond donors (Lipinski definition) is 1. The molecule has 0 radical (unpaired) electrons. The second kappa shape index (κ2) is 7.73. The van der Waals surface area contributed by atoms with Gasteiger partial charge < -0.3 is 5.32 Å². The van der Waals surface area contributed by atoms with Crippen molar-refractivity contribution in [1.82, 2.24) is 9.13 Å². The third-order valence-corrected chi connectivity index (χ3v) is 7.97. The number of nitrogens with one attached hydrogen (secondary N) is 1. The highest BCUT2D eigenvalue weighted by molar-refractivity contribution is 7.92. The minimum Gasteiger partial charge on any atom is -0.325 e. The van der Waals surface area contributed by atoms with Gasteiger partial charge in [-0.2, -0.15) is 0 Å². The van der Waals surface area contributed by atoms with E-state index in [9.17, 15) is 18.0 Å². The minimum absolute atomic E-state index is 0.0631. The van der Waals surface area contributed by atoms with E-state index in [4.69, 9.17) is 0 Å². The van der Waals surface area contributed by atoms with Crippen molar-refractivity contribution in [3.05, 3.63) is 22.6 Å². The highest BCUT2D eigenvalue weighted by Crippen LogP contribution is 2.31. The zero-order valence-electron chi connectivity index (χ0n) is 17.0. The monoisotopic (exact) mass is 407 g/mol. The highest BCUT2D eigenvalue weighted by atomic mass is 32.2. The molecule has 3 rings (SSSR count). The van der Waals surface area contributed by atoms with Crippen LogP contribution >= 0.6 is 0 Å². The van der Waals surface area contributed by atoms with E-state index in [-0.39, 0.29) is 22.2 Å². The SMILES string of the molecule is CC(C)S(=O)(=O)c1cc2c(cc1NC(=O)CC1CCCCC1)n(C)c(=O)n2C. The van der Waals surface area contributed by atoms with Gasteiger partial charge in [0.2, 0.25) is 5.91 Å². The van der Waals surface area contributed by atoms with E-state index in [1.165, 1.54) is 21.6 Å². The summed E-state index contributed by atoms with van der Waals surface area (Å²) in [5.74, 6) is 0.177. The third kappa shape index (κ3) is 3.74. The Morgan fingerprint density at radius 3 is 2.25 bits per heavy atom. The van der Waals surface area contributed by atoms with E-state index in [0.717, 1.165) is 25.7 Å². The molecule has 7 nitrogen and oxygen atoms in total. The van der Waals surface area contributed by atoms with Crippen LogP contribution < -0.4 is 11.0 Å². The van der Waals surface area contributed by atoms with Crippen LogP contribution in [0.3, 0.4) is 0 Å². The molecule has 28 heavy (non-hydrogen) atoms. The maximum atomic E-state index is 12.9. The quantitative estimate of drug-likeness (QED) is 0.825. The molecule has 1 aliphatic carbocycles. The molecule has 8 heteroatoms. The van der Waals surface area contributed by atoms with E-state index < -0.39 is 15.1 Å². The van der Waals surface area contributed by atoms with Crippen LogP contribution in [0, 0.1) is 5.92 Å². The lowest BCUT2D eigenvalue weighted by Crippen LogP contribution is -2.21. The molecule has 1 fully saturated rings. The Labute approximate surface area is 165 Å². The van der Waals surface area contributed by atoms with Gasteiger partial charge in [-0.1, -0.05) is 19.3 Å². The van der Waals surface area contributed by atoms with E-state index in [2.05, 4.69) is 5.32 Å². The van der Waals surface area contributed by atoms with Gasteiger partial charge in [0.15, 0.2) is 9.84 Å². The van der Waals surface area contributed by atoms with Crippen molar-refractivity contribution in [3.8, 4) is 0 Å². The molecule has 154 valence electrons. The van der Waals surface area contributed by atoms with Crippen LogP contribution in [0.5, 0.6) is 0 Å². The molecule has 1 N–H and O–H groups in total. The van der Waals surface area contributed by atoms with Crippen LogP contribution in [0.25, 0.3) is 11.0 Å². The summed E-state index contributed by atoms with van der Waals surface area (Å²) >= 11 is 0. The van der Waals surface area contributed by atoms with Gasteiger partial charge in [-0.25, -0.2) is 13.2 Å². The van der Waals surface area contributed by atoms with Gasteiger partial charge >= 0.3 is 5.69 Å². The topological polar surface area (TPSA) is 90.2 Å². The van der Waals surface area contributed by atoms with Crippen molar-refractivity contribution < 1.29 is 13.2 Å². The molecule has 2 aromatic rings. The third-order valence-electron chi connectivity index (χ3n) is 5.77.